The summed E-state index contributed by atoms with van der Waals surface area (Å²) in [4.78, 5) is -1.15. The zero-order valence-electron chi connectivity index (χ0n) is 8.42. The molecule has 3 nitrogen and oxygen atoms in total. The normalized spacial score (nSPS) is 12.2. The Kier molecular flexibility index (Phi) is 4.15. The van der Waals surface area contributed by atoms with Crippen molar-refractivity contribution in [2.45, 2.75) is 17.0 Å². The van der Waals surface area contributed by atoms with Crippen molar-refractivity contribution >= 4 is 31.3 Å². The highest BCUT2D eigenvalue weighted by Crippen LogP contribution is 2.37. The van der Waals surface area contributed by atoms with Crippen LogP contribution in [0.3, 0.4) is 0 Å². The molecule has 0 spiro atoms. The highest BCUT2D eigenvalue weighted by molar-refractivity contribution is 8.13. The summed E-state index contributed by atoms with van der Waals surface area (Å²) in [6.45, 7) is 0. The summed E-state index contributed by atoms with van der Waals surface area (Å²) in [5.74, 6) is -0.353. The smallest absolute Gasteiger partial charge is 0.207 e. The van der Waals surface area contributed by atoms with Crippen LogP contribution in [0.4, 0.5) is 13.2 Å². The molecule has 1 aromatic rings. The molecule has 0 saturated carbocycles. The van der Waals surface area contributed by atoms with Gasteiger partial charge in [-0.1, -0.05) is 0 Å². The maximum absolute atomic E-state index is 12.7. The standard InChI is InChI=1S/C9H4Cl2F3NO2S/c10-3-5-1-7(9(12,13)14)8(18(11,16)17)2-6(5)4-15/h1-2H,3H2. The summed E-state index contributed by atoms with van der Waals surface area (Å²) in [5.41, 5.74) is -1.82. The quantitative estimate of drug-likeness (QED) is 0.621. The molecule has 0 aliphatic heterocycles. The van der Waals surface area contributed by atoms with Gasteiger partial charge in [-0.25, -0.2) is 8.42 Å². The molecule has 0 amide bonds. The van der Waals surface area contributed by atoms with Crippen LogP contribution in [0.1, 0.15) is 16.7 Å². The van der Waals surface area contributed by atoms with E-state index in [1.165, 1.54) is 0 Å². The SMILES string of the molecule is N#Cc1cc(S(=O)(=O)Cl)c(C(F)(F)F)cc1CCl. The largest absolute Gasteiger partial charge is 0.417 e. The second-order valence-electron chi connectivity index (χ2n) is 3.19. The fourth-order valence-corrected chi connectivity index (χ4v) is 2.56. The zero-order chi connectivity index (χ0) is 14.1. The number of alkyl halides is 4. The summed E-state index contributed by atoms with van der Waals surface area (Å²) >= 11 is 5.40. The highest BCUT2D eigenvalue weighted by atomic mass is 35.7. The van der Waals surface area contributed by atoms with E-state index in [0.717, 1.165) is 0 Å². The zero-order valence-corrected chi connectivity index (χ0v) is 10.8. The van der Waals surface area contributed by atoms with Crippen LogP contribution in [-0.2, 0) is 21.1 Å². The number of nitrogens with zero attached hydrogens (tertiary/aromatic N) is 1. The third kappa shape index (κ3) is 3.07. The molecule has 0 aliphatic carbocycles. The van der Waals surface area contributed by atoms with Gasteiger partial charge < -0.3 is 0 Å². The van der Waals surface area contributed by atoms with Crippen molar-refractivity contribution in [1.29, 1.82) is 5.26 Å². The molecule has 0 heterocycles. The summed E-state index contributed by atoms with van der Waals surface area (Å²) in [6.07, 6.45) is -4.91. The van der Waals surface area contributed by atoms with Gasteiger partial charge >= 0.3 is 6.18 Å². The summed E-state index contributed by atoms with van der Waals surface area (Å²) in [7, 11) is 0.308. The van der Waals surface area contributed by atoms with Crippen molar-refractivity contribution in [2.75, 3.05) is 0 Å². The van der Waals surface area contributed by atoms with E-state index >= 15 is 0 Å². The van der Waals surface area contributed by atoms with Crippen molar-refractivity contribution < 1.29 is 21.6 Å². The van der Waals surface area contributed by atoms with E-state index in [2.05, 4.69) is 0 Å². The molecule has 0 fully saturated rings. The number of rotatable bonds is 2. The minimum atomic E-state index is -4.91. The lowest BCUT2D eigenvalue weighted by Gasteiger charge is -2.13. The molecular weight excluding hydrogens is 314 g/mol. The Morgan fingerprint density at radius 1 is 1.33 bits per heavy atom. The molecule has 0 atom stereocenters. The molecule has 0 radical (unpaired) electrons. The molecule has 0 N–H and O–H groups in total. The van der Waals surface area contributed by atoms with E-state index in [4.69, 9.17) is 27.5 Å². The Balaban J connectivity index is 3.75. The lowest BCUT2D eigenvalue weighted by Crippen LogP contribution is -2.12. The molecule has 0 aliphatic rings. The van der Waals surface area contributed by atoms with Gasteiger partial charge in [0.2, 0.25) is 0 Å². The van der Waals surface area contributed by atoms with Crippen LogP contribution < -0.4 is 0 Å². The van der Waals surface area contributed by atoms with Gasteiger partial charge in [-0.2, -0.15) is 18.4 Å². The van der Waals surface area contributed by atoms with Crippen LogP contribution in [-0.4, -0.2) is 8.42 Å². The van der Waals surface area contributed by atoms with Gasteiger partial charge in [-0.05, 0) is 17.7 Å². The second kappa shape index (κ2) is 4.96. The third-order valence-corrected chi connectivity index (χ3v) is 3.69. The average molecular weight is 318 g/mol. The number of benzene rings is 1. The van der Waals surface area contributed by atoms with Crippen LogP contribution in [0.15, 0.2) is 17.0 Å². The first-order chi connectivity index (χ1) is 8.11. The van der Waals surface area contributed by atoms with E-state index < -0.39 is 25.7 Å². The second-order valence-corrected chi connectivity index (χ2v) is 5.99. The number of halogens is 5. The molecule has 0 bridgehead atoms. The van der Waals surface area contributed by atoms with E-state index in [-0.39, 0.29) is 17.0 Å². The summed E-state index contributed by atoms with van der Waals surface area (Å²) in [5, 5.41) is 8.71. The fraction of sp³-hybridized carbons (Fsp3) is 0.222. The van der Waals surface area contributed by atoms with Gasteiger partial charge in [0.15, 0.2) is 0 Å². The van der Waals surface area contributed by atoms with E-state index in [9.17, 15) is 21.6 Å². The average Bonchev–Trinajstić information content (AvgIpc) is 2.24. The fourth-order valence-electron chi connectivity index (χ4n) is 1.26. The minimum absolute atomic E-state index is 0.115. The van der Waals surface area contributed by atoms with Gasteiger partial charge in [0.1, 0.15) is 0 Å². The van der Waals surface area contributed by atoms with Crippen molar-refractivity contribution in [3.63, 3.8) is 0 Å². The maximum atomic E-state index is 12.7. The van der Waals surface area contributed by atoms with E-state index in [1.807, 2.05) is 0 Å². The van der Waals surface area contributed by atoms with Gasteiger partial charge in [0.25, 0.3) is 9.05 Å². The molecule has 0 aromatic heterocycles. The summed E-state index contributed by atoms with van der Waals surface area (Å²) < 4.78 is 60.2. The van der Waals surface area contributed by atoms with Crippen molar-refractivity contribution in [3.05, 3.63) is 28.8 Å². The first-order valence-electron chi connectivity index (χ1n) is 4.26. The Morgan fingerprint density at radius 2 is 1.89 bits per heavy atom. The molecule has 0 saturated heterocycles. The molecule has 1 rings (SSSR count). The van der Waals surface area contributed by atoms with Gasteiger partial charge in [-0.3, -0.25) is 0 Å². The van der Waals surface area contributed by atoms with Crippen LogP contribution in [0, 0.1) is 11.3 Å². The van der Waals surface area contributed by atoms with Crippen molar-refractivity contribution in [3.8, 4) is 6.07 Å². The molecule has 98 valence electrons. The molecule has 9 heteroatoms. The van der Waals surface area contributed by atoms with Crippen molar-refractivity contribution in [1.82, 2.24) is 0 Å². The monoisotopic (exact) mass is 317 g/mol. The molecule has 0 unspecified atom stereocenters. The Hall–Kier alpha value is -0.970. The van der Waals surface area contributed by atoms with Crippen LogP contribution in [0.5, 0.6) is 0 Å². The van der Waals surface area contributed by atoms with E-state index in [0.29, 0.717) is 12.1 Å². The van der Waals surface area contributed by atoms with Crippen molar-refractivity contribution in [2.24, 2.45) is 0 Å². The molecule has 18 heavy (non-hydrogen) atoms. The van der Waals surface area contributed by atoms with Gasteiger partial charge in [0, 0.05) is 16.6 Å². The third-order valence-electron chi connectivity index (χ3n) is 2.04. The Bertz CT molecular complexity index is 620. The predicted molar refractivity (Wildman–Crippen MR) is 58.8 cm³/mol. The number of hydrogen-bond acceptors (Lipinski definition) is 3. The van der Waals surface area contributed by atoms with Gasteiger partial charge in [-0.15, -0.1) is 11.6 Å². The van der Waals surface area contributed by atoms with Crippen LogP contribution in [0.25, 0.3) is 0 Å². The number of hydrogen-bond donors (Lipinski definition) is 0. The Morgan fingerprint density at radius 3 is 2.22 bits per heavy atom. The van der Waals surface area contributed by atoms with Gasteiger partial charge in [0.05, 0.1) is 22.1 Å². The Labute approximate surface area is 110 Å². The predicted octanol–water partition coefficient (Wildman–Crippen LogP) is 3.24. The summed E-state index contributed by atoms with van der Waals surface area (Å²) in [6, 6.07) is 2.65. The lowest BCUT2D eigenvalue weighted by atomic mass is 10.1. The van der Waals surface area contributed by atoms with E-state index in [1.54, 1.807) is 6.07 Å². The molecular formula is C9H4Cl2F3NO2S. The topological polar surface area (TPSA) is 57.9 Å². The minimum Gasteiger partial charge on any atom is -0.207 e. The first-order valence-corrected chi connectivity index (χ1v) is 7.10. The molecule has 1 aromatic carbocycles. The maximum Gasteiger partial charge on any atom is 0.417 e. The first kappa shape index (κ1) is 15.1. The van der Waals surface area contributed by atoms with Crippen LogP contribution in [0.2, 0.25) is 0 Å². The highest BCUT2D eigenvalue weighted by Gasteiger charge is 2.37. The number of nitriles is 1. The lowest BCUT2D eigenvalue weighted by molar-refractivity contribution is -0.139. The van der Waals surface area contributed by atoms with Crippen LogP contribution >= 0.6 is 22.3 Å².